The molecule has 0 aliphatic carbocycles. The molecule has 1 atom stereocenters. The molecule has 0 aliphatic rings. The second-order valence-corrected chi connectivity index (χ2v) is 10.5. The van der Waals surface area contributed by atoms with Gasteiger partial charge in [0.15, 0.2) is 16.8 Å². The van der Waals surface area contributed by atoms with Crippen LogP contribution in [0.5, 0.6) is 0 Å². The monoisotopic (exact) mass is 455 g/mol. The molecule has 0 bridgehead atoms. The zero-order valence-electron chi connectivity index (χ0n) is 19.5. The summed E-state index contributed by atoms with van der Waals surface area (Å²) in [5, 5.41) is 9.51. The Kier molecular flexibility index (Phi) is 6.80. The van der Waals surface area contributed by atoms with Gasteiger partial charge in [-0.05, 0) is 23.5 Å². The van der Waals surface area contributed by atoms with Crippen LogP contribution in [0.15, 0.2) is 90.1 Å². The van der Waals surface area contributed by atoms with E-state index < -0.39 is 0 Å². The van der Waals surface area contributed by atoms with Crippen molar-refractivity contribution in [1.82, 2.24) is 14.8 Å². The lowest BCUT2D eigenvalue weighted by atomic mass is 9.87. The van der Waals surface area contributed by atoms with Gasteiger partial charge in [-0.25, -0.2) is 0 Å². The van der Waals surface area contributed by atoms with E-state index in [9.17, 15) is 4.79 Å². The molecule has 0 amide bonds. The molecular formula is C28H29N3OS. The van der Waals surface area contributed by atoms with E-state index in [0.717, 1.165) is 22.1 Å². The van der Waals surface area contributed by atoms with Crippen LogP contribution < -0.4 is 0 Å². The normalized spacial score (nSPS) is 12.5. The van der Waals surface area contributed by atoms with Crippen molar-refractivity contribution in [2.24, 2.45) is 0 Å². The highest BCUT2D eigenvalue weighted by molar-refractivity contribution is 8.00. The van der Waals surface area contributed by atoms with Gasteiger partial charge in [-0.3, -0.25) is 9.36 Å². The number of nitrogens with zero attached hydrogens (tertiary/aromatic N) is 3. The van der Waals surface area contributed by atoms with Crippen molar-refractivity contribution in [3.8, 4) is 11.4 Å². The predicted octanol–water partition coefficient (Wildman–Crippen LogP) is 6.65. The van der Waals surface area contributed by atoms with Gasteiger partial charge in [0.25, 0.3) is 0 Å². The summed E-state index contributed by atoms with van der Waals surface area (Å²) >= 11 is 1.46. The molecule has 1 unspecified atom stereocenters. The zero-order chi connectivity index (χ0) is 23.4. The minimum atomic E-state index is -0.276. The number of rotatable bonds is 7. The van der Waals surface area contributed by atoms with Gasteiger partial charge in [0.1, 0.15) is 0 Å². The van der Waals surface area contributed by atoms with E-state index in [1.54, 1.807) is 0 Å². The fourth-order valence-electron chi connectivity index (χ4n) is 3.67. The highest BCUT2D eigenvalue weighted by Gasteiger charge is 2.22. The van der Waals surface area contributed by atoms with Crippen LogP contribution in [0.1, 0.15) is 49.2 Å². The van der Waals surface area contributed by atoms with Gasteiger partial charge in [0.2, 0.25) is 0 Å². The molecule has 0 saturated heterocycles. The first-order valence-corrected chi connectivity index (χ1v) is 12.0. The number of thioether (sulfide) groups is 1. The van der Waals surface area contributed by atoms with Gasteiger partial charge in [-0.1, -0.05) is 117 Å². The van der Waals surface area contributed by atoms with Crippen molar-refractivity contribution >= 4 is 17.5 Å². The van der Waals surface area contributed by atoms with E-state index in [1.807, 2.05) is 55.5 Å². The van der Waals surface area contributed by atoms with Gasteiger partial charge in [0, 0.05) is 11.1 Å². The Labute approximate surface area is 200 Å². The summed E-state index contributed by atoms with van der Waals surface area (Å²) < 4.78 is 2.11. The van der Waals surface area contributed by atoms with Gasteiger partial charge in [0.05, 0.1) is 11.8 Å². The first-order valence-electron chi connectivity index (χ1n) is 11.2. The highest BCUT2D eigenvalue weighted by Crippen LogP contribution is 2.30. The van der Waals surface area contributed by atoms with Crippen molar-refractivity contribution in [1.29, 1.82) is 0 Å². The summed E-state index contributed by atoms with van der Waals surface area (Å²) in [6.07, 6.45) is 0. The zero-order valence-corrected chi connectivity index (χ0v) is 20.3. The molecule has 0 N–H and O–H groups in total. The van der Waals surface area contributed by atoms with Crippen molar-refractivity contribution in [3.05, 3.63) is 102 Å². The summed E-state index contributed by atoms with van der Waals surface area (Å²) in [4.78, 5) is 12.9. The molecule has 33 heavy (non-hydrogen) atoms. The van der Waals surface area contributed by atoms with Gasteiger partial charge in [-0.2, -0.15) is 0 Å². The van der Waals surface area contributed by atoms with E-state index in [2.05, 4.69) is 71.9 Å². The predicted molar refractivity (Wildman–Crippen MR) is 136 cm³/mol. The first-order chi connectivity index (χ1) is 15.8. The van der Waals surface area contributed by atoms with Gasteiger partial charge in [-0.15, -0.1) is 10.2 Å². The summed E-state index contributed by atoms with van der Waals surface area (Å²) in [6, 6.07) is 28.2. The molecule has 3 aromatic carbocycles. The smallest absolute Gasteiger partial charge is 0.192 e. The van der Waals surface area contributed by atoms with Crippen LogP contribution in [0.4, 0.5) is 0 Å². The second kappa shape index (κ2) is 9.75. The molecule has 4 rings (SSSR count). The minimum absolute atomic E-state index is 0.0878. The third-order valence-electron chi connectivity index (χ3n) is 5.62. The Morgan fingerprint density at radius 3 is 2.09 bits per heavy atom. The lowest BCUT2D eigenvalue weighted by Gasteiger charge is -2.19. The Balaban J connectivity index is 1.67. The SMILES string of the molecule is CC(Sc1nnc(-c2ccc(C(C)(C)C)cc2)n1Cc1ccccc1)C(=O)c1ccccc1. The van der Waals surface area contributed by atoms with Crippen LogP contribution in [0.25, 0.3) is 11.4 Å². The summed E-state index contributed by atoms with van der Waals surface area (Å²) in [6.45, 7) is 9.19. The number of Topliss-reactive ketones (excluding diaryl/α,β-unsaturated/α-hetero) is 1. The van der Waals surface area contributed by atoms with Gasteiger partial charge < -0.3 is 0 Å². The molecule has 0 radical (unpaired) electrons. The number of ketones is 1. The first kappa shape index (κ1) is 23.0. The van der Waals surface area contributed by atoms with Crippen LogP contribution in [-0.2, 0) is 12.0 Å². The van der Waals surface area contributed by atoms with E-state index >= 15 is 0 Å². The second-order valence-electron chi connectivity index (χ2n) is 9.20. The Hall–Kier alpha value is -3.18. The van der Waals surface area contributed by atoms with Crippen molar-refractivity contribution < 1.29 is 4.79 Å². The van der Waals surface area contributed by atoms with E-state index in [1.165, 1.54) is 17.3 Å². The molecular weight excluding hydrogens is 426 g/mol. The Bertz CT molecular complexity index is 1210. The maximum atomic E-state index is 12.9. The molecule has 0 spiro atoms. The average Bonchev–Trinajstić information content (AvgIpc) is 3.21. The van der Waals surface area contributed by atoms with Crippen LogP contribution in [0.2, 0.25) is 0 Å². The largest absolute Gasteiger partial charge is 0.298 e. The number of aromatic nitrogens is 3. The molecule has 1 aromatic heterocycles. The van der Waals surface area contributed by atoms with Crippen molar-refractivity contribution in [3.63, 3.8) is 0 Å². The number of carbonyl (C=O) groups is 1. The number of benzene rings is 3. The summed E-state index contributed by atoms with van der Waals surface area (Å²) in [7, 11) is 0. The number of hydrogen-bond acceptors (Lipinski definition) is 4. The molecule has 4 nitrogen and oxygen atoms in total. The van der Waals surface area contributed by atoms with Crippen LogP contribution >= 0.6 is 11.8 Å². The molecule has 0 saturated carbocycles. The molecule has 0 fully saturated rings. The fourth-order valence-corrected chi connectivity index (χ4v) is 4.59. The van der Waals surface area contributed by atoms with Crippen molar-refractivity contribution in [2.45, 2.75) is 50.1 Å². The lowest BCUT2D eigenvalue weighted by molar-refractivity contribution is 0.0994. The third kappa shape index (κ3) is 5.42. The molecule has 4 aromatic rings. The molecule has 0 aliphatic heterocycles. The Morgan fingerprint density at radius 1 is 0.879 bits per heavy atom. The summed E-state index contributed by atoms with van der Waals surface area (Å²) in [5.41, 5.74) is 4.25. The van der Waals surface area contributed by atoms with E-state index in [0.29, 0.717) is 12.1 Å². The third-order valence-corrected chi connectivity index (χ3v) is 6.70. The standard InChI is InChI=1S/C28H29N3OS/c1-20(25(32)22-13-9-6-10-14-22)33-27-30-29-26(31(27)19-21-11-7-5-8-12-21)23-15-17-24(18-16-23)28(2,3)4/h5-18,20H,19H2,1-4H3. The molecule has 1 heterocycles. The maximum Gasteiger partial charge on any atom is 0.192 e. The maximum absolute atomic E-state index is 12.9. The fraction of sp³-hybridized carbons (Fsp3) is 0.250. The highest BCUT2D eigenvalue weighted by atomic mass is 32.2. The number of hydrogen-bond donors (Lipinski definition) is 0. The molecule has 5 heteroatoms. The van der Waals surface area contributed by atoms with Crippen LogP contribution in [-0.4, -0.2) is 25.8 Å². The van der Waals surface area contributed by atoms with Gasteiger partial charge >= 0.3 is 0 Å². The Morgan fingerprint density at radius 2 is 1.48 bits per heavy atom. The molecule has 168 valence electrons. The average molecular weight is 456 g/mol. The van der Waals surface area contributed by atoms with E-state index in [-0.39, 0.29) is 16.4 Å². The lowest BCUT2D eigenvalue weighted by Crippen LogP contribution is -2.15. The van der Waals surface area contributed by atoms with E-state index in [4.69, 9.17) is 0 Å². The summed E-state index contributed by atoms with van der Waals surface area (Å²) in [5.74, 6) is 0.895. The number of carbonyl (C=O) groups excluding carboxylic acids is 1. The van der Waals surface area contributed by atoms with Crippen molar-refractivity contribution in [2.75, 3.05) is 0 Å². The van der Waals surface area contributed by atoms with Crippen LogP contribution in [0.3, 0.4) is 0 Å². The topological polar surface area (TPSA) is 47.8 Å². The quantitative estimate of drug-likeness (QED) is 0.231. The van der Waals surface area contributed by atoms with Crippen LogP contribution in [0, 0.1) is 0 Å². The minimum Gasteiger partial charge on any atom is -0.298 e.